The summed E-state index contributed by atoms with van der Waals surface area (Å²) in [5.74, 6) is 1.87. The van der Waals surface area contributed by atoms with Gasteiger partial charge in [-0.25, -0.2) is 9.97 Å². The van der Waals surface area contributed by atoms with Gasteiger partial charge in [-0.2, -0.15) is 0 Å². The standard InChI is InChI=1S/C15H26N4/c1-3-12(2)18-14-10-15(17-11-16-14)19-13-8-6-4-5-7-9-13/h10-13H,3-9H2,1-2H3,(H2,16,17,18,19). The Kier molecular flexibility index (Phi) is 5.43. The molecule has 0 radical (unpaired) electrons. The Hall–Kier alpha value is -1.32. The van der Waals surface area contributed by atoms with Crippen LogP contribution in [0.25, 0.3) is 0 Å². The smallest absolute Gasteiger partial charge is 0.131 e. The fraction of sp³-hybridized carbons (Fsp3) is 0.733. The zero-order chi connectivity index (χ0) is 13.5. The fourth-order valence-corrected chi connectivity index (χ4v) is 2.50. The van der Waals surface area contributed by atoms with E-state index >= 15 is 0 Å². The van der Waals surface area contributed by atoms with Crippen LogP contribution in [0.1, 0.15) is 58.8 Å². The molecule has 0 saturated heterocycles. The van der Waals surface area contributed by atoms with Gasteiger partial charge in [0.1, 0.15) is 18.0 Å². The summed E-state index contributed by atoms with van der Waals surface area (Å²) >= 11 is 0. The molecule has 1 aliphatic rings. The largest absolute Gasteiger partial charge is 0.367 e. The third-order valence-electron chi connectivity index (χ3n) is 3.88. The van der Waals surface area contributed by atoms with Crippen molar-refractivity contribution in [3.63, 3.8) is 0 Å². The van der Waals surface area contributed by atoms with E-state index in [2.05, 4.69) is 34.4 Å². The number of aromatic nitrogens is 2. The molecule has 0 bridgehead atoms. The lowest BCUT2D eigenvalue weighted by Crippen LogP contribution is -2.20. The second-order valence-corrected chi connectivity index (χ2v) is 5.57. The molecule has 0 aromatic carbocycles. The summed E-state index contributed by atoms with van der Waals surface area (Å²) in [5, 5.41) is 6.95. The van der Waals surface area contributed by atoms with Gasteiger partial charge >= 0.3 is 0 Å². The molecule has 106 valence electrons. The first-order valence-electron chi connectivity index (χ1n) is 7.63. The number of nitrogens with one attached hydrogen (secondary N) is 2. The van der Waals surface area contributed by atoms with E-state index in [1.54, 1.807) is 6.33 Å². The lowest BCUT2D eigenvalue weighted by molar-refractivity contribution is 0.617. The van der Waals surface area contributed by atoms with Crippen LogP contribution in [-0.4, -0.2) is 22.1 Å². The van der Waals surface area contributed by atoms with Gasteiger partial charge in [0.05, 0.1) is 0 Å². The molecule has 1 aromatic heterocycles. The van der Waals surface area contributed by atoms with Gasteiger partial charge < -0.3 is 10.6 Å². The Morgan fingerprint density at radius 2 is 1.84 bits per heavy atom. The minimum atomic E-state index is 0.445. The Labute approximate surface area is 116 Å². The van der Waals surface area contributed by atoms with E-state index in [-0.39, 0.29) is 0 Å². The Morgan fingerprint density at radius 3 is 2.53 bits per heavy atom. The van der Waals surface area contributed by atoms with E-state index in [0.29, 0.717) is 12.1 Å². The Bertz CT molecular complexity index is 372. The van der Waals surface area contributed by atoms with Crippen molar-refractivity contribution < 1.29 is 0 Å². The van der Waals surface area contributed by atoms with Gasteiger partial charge in [-0.05, 0) is 26.2 Å². The van der Waals surface area contributed by atoms with Crippen LogP contribution in [0.2, 0.25) is 0 Å². The predicted molar refractivity (Wildman–Crippen MR) is 80.5 cm³/mol. The summed E-state index contributed by atoms with van der Waals surface area (Å²) in [5.41, 5.74) is 0. The zero-order valence-electron chi connectivity index (χ0n) is 12.2. The summed E-state index contributed by atoms with van der Waals surface area (Å²) in [6, 6.07) is 3.05. The molecule has 2 rings (SSSR count). The highest BCUT2D eigenvalue weighted by Crippen LogP contribution is 2.21. The van der Waals surface area contributed by atoms with Crippen molar-refractivity contribution in [2.45, 2.75) is 70.9 Å². The van der Waals surface area contributed by atoms with Crippen molar-refractivity contribution >= 4 is 11.6 Å². The molecule has 0 spiro atoms. The number of rotatable bonds is 5. The molecule has 1 fully saturated rings. The normalized spacial score (nSPS) is 18.6. The summed E-state index contributed by atoms with van der Waals surface area (Å²) in [6.45, 7) is 4.34. The quantitative estimate of drug-likeness (QED) is 0.792. The van der Waals surface area contributed by atoms with Crippen LogP contribution in [0.5, 0.6) is 0 Å². The van der Waals surface area contributed by atoms with Gasteiger partial charge in [-0.1, -0.05) is 32.6 Å². The average Bonchev–Trinajstić information content (AvgIpc) is 2.67. The lowest BCUT2D eigenvalue weighted by atomic mass is 10.1. The first-order valence-corrected chi connectivity index (χ1v) is 7.63. The molecular formula is C15H26N4. The first kappa shape index (κ1) is 14.1. The highest BCUT2D eigenvalue weighted by atomic mass is 15.1. The molecule has 19 heavy (non-hydrogen) atoms. The van der Waals surface area contributed by atoms with Gasteiger partial charge in [0.25, 0.3) is 0 Å². The van der Waals surface area contributed by atoms with Crippen molar-refractivity contribution in [1.82, 2.24) is 9.97 Å². The van der Waals surface area contributed by atoms with E-state index < -0.39 is 0 Å². The predicted octanol–water partition coefficient (Wildman–Crippen LogP) is 3.82. The lowest BCUT2D eigenvalue weighted by Gasteiger charge is -2.18. The van der Waals surface area contributed by atoms with E-state index in [9.17, 15) is 0 Å². The average molecular weight is 262 g/mol. The second-order valence-electron chi connectivity index (χ2n) is 5.57. The van der Waals surface area contributed by atoms with Gasteiger partial charge in [0, 0.05) is 18.2 Å². The summed E-state index contributed by atoms with van der Waals surface area (Å²) in [6.07, 6.45) is 10.7. The number of anilines is 2. The van der Waals surface area contributed by atoms with Crippen molar-refractivity contribution in [2.24, 2.45) is 0 Å². The number of hydrogen-bond donors (Lipinski definition) is 2. The van der Waals surface area contributed by atoms with Crippen molar-refractivity contribution in [3.05, 3.63) is 12.4 Å². The SMILES string of the molecule is CCC(C)Nc1cc(NC2CCCCCC2)ncn1. The number of nitrogens with zero attached hydrogens (tertiary/aromatic N) is 2. The molecule has 1 aliphatic carbocycles. The van der Waals surface area contributed by atoms with Crippen LogP contribution in [-0.2, 0) is 0 Å². The summed E-state index contributed by atoms with van der Waals surface area (Å²) in [4.78, 5) is 8.61. The molecule has 0 amide bonds. The minimum absolute atomic E-state index is 0.445. The molecule has 2 N–H and O–H groups in total. The monoisotopic (exact) mass is 262 g/mol. The van der Waals surface area contributed by atoms with Crippen molar-refractivity contribution in [2.75, 3.05) is 10.6 Å². The van der Waals surface area contributed by atoms with Crippen molar-refractivity contribution in [1.29, 1.82) is 0 Å². The first-order chi connectivity index (χ1) is 9.28. The van der Waals surface area contributed by atoms with E-state index in [1.807, 2.05) is 6.07 Å². The van der Waals surface area contributed by atoms with Crippen molar-refractivity contribution in [3.8, 4) is 0 Å². The fourth-order valence-electron chi connectivity index (χ4n) is 2.50. The van der Waals surface area contributed by atoms with Gasteiger partial charge in [0.15, 0.2) is 0 Å². The van der Waals surface area contributed by atoms with Crippen LogP contribution in [0.3, 0.4) is 0 Å². The third-order valence-corrected chi connectivity index (χ3v) is 3.88. The third kappa shape index (κ3) is 4.69. The summed E-state index contributed by atoms with van der Waals surface area (Å²) in [7, 11) is 0. The molecular weight excluding hydrogens is 236 g/mol. The molecule has 4 heteroatoms. The van der Waals surface area contributed by atoms with Crippen LogP contribution >= 0.6 is 0 Å². The maximum absolute atomic E-state index is 4.33. The maximum Gasteiger partial charge on any atom is 0.131 e. The molecule has 1 saturated carbocycles. The molecule has 1 aromatic rings. The highest BCUT2D eigenvalue weighted by molar-refractivity contribution is 5.47. The Balaban J connectivity index is 1.93. The van der Waals surface area contributed by atoms with Crippen LogP contribution in [0, 0.1) is 0 Å². The van der Waals surface area contributed by atoms with Crippen LogP contribution < -0.4 is 10.6 Å². The van der Waals surface area contributed by atoms with Crippen LogP contribution in [0.15, 0.2) is 12.4 Å². The summed E-state index contributed by atoms with van der Waals surface area (Å²) < 4.78 is 0. The molecule has 0 aliphatic heterocycles. The van der Waals surface area contributed by atoms with Gasteiger partial charge in [-0.3, -0.25) is 0 Å². The molecule has 1 atom stereocenters. The van der Waals surface area contributed by atoms with E-state index in [1.165, 1.54) is 38.5 Å². The zero-order valence-corrected chi connectivity index (χ0v) is 12.2. The topological polar surface area (TPSA) is 49.8 Å². The molecule has 4 nitrogen and oxygen atoms in total. The van der Waals surface area contributed by atoms with E-state index in [0.717, 1.165) is 18.1 Å². The van der Waals surface area contributed by atoms with Crippen LogP contribution in [0.4, 0.5) is 11.6 Å². The second kappa shape index (κ2) is 7.31. The van der Waals surface area contributed by atoms with E-state index in [4.69, 9.17) is 0 Å². The van der Waals surface area contributed by atoms with Gasteiger partial charge in [0.2, 0.25) is 0 Å². The van der Waals surface area contributed by atoms with Gasteiger partial charge in [-0.15, -0.1) is 0 Å². The number of hydrogen-bond acceptors (Lipinski definition) is 4. The molecule has 1 heterocycles. The highest BCUT2D eigenvalue weighted by Gasteiger charge is 2.12. The minimum Gasteiger partial charge on any atom is -0.367 e. The Morgan fingerprint density at radius 1 is 1.16 bits per heavy atom. The maximum atomic E-state index is 4.33. The molecule has 1 unspecified atom stereocenters.